The Kier molecular flexibility index (Phi) is 14.8. The van der Waals surface area contributed by atoms with Crippen molar-refractivity contribution in [2.24, 2.45) is 11.7 Å². The molecule has 1 aliphatic carbocycles. The van der Waals surface area contributed by atoms with Crippen molar-refractivity contribution in [1.29, 1.82) is 0 Å². The number of hydrogen-bond donors (Lipinski definition) is 2. The summed E-state index contributed by atoms with van der Waals surface area (Å²) >= 11 is 6.10. The number of para-hydroxylation sites is 2. The van der Waals surface area contributed by atoms with Gasteiger partial charge in [-0.1, -0.05) is 90.7 Å². The Bertz CT molecular complexity index is 1920. The number of carbonyl (C=O) groups is 4. The first kappa shape index (κ1) is 40.8. The van der Waals surface area contributed by atoms with Gasteiger partial charge in [0.25, 0.3) is 5.89 Å². The summed E-state index contributed by atoms with van der Waals surface area (Å²) in [7, 11) is 0. The molecular formula is C44H51ClN4O7. The van der Waals surface area contributed by atoms with Crippen molar-refractivity contribution in [3.63, 3.8) is 0 Å². The zero-order valence-electron chi connectivity index (χ0n) is 31.7. The van der Waals surface area contributed by atoms with Crippen molar-refractivity contribution in [3.8, 4) is 0 Å². The fourth-order valence-electron chi connectivity index (χ4n) is 7.48. The Balaban J connectivity index is 1.23. The molecule has 56 heavy (non-hydrogen) atoms. The van der Waals surface area contributed by atoms with Gasteiger partial charge in [-0.25, -0.2) is 9.78 Å². The normalized spacial score (nSPS) is 18.0. The minimum absolute atomic E-state index is 0.0414. The molecule has 12 heteroatoms. The first-order chi connectivity index (χ1) is 27.3. The van der Waals surface area contributed by atoms with Gasteiger partial charge >= 0.3 is 6.09 Å². The van der Waals surface area contributed by atoms with E-state index in [0.717, 1.165) is 36.8 Å². The van der Waals surface area contributed by atoms with E-state index in [0.29, 0.717) is 41.9 Å². The van der Waals surface area contributed by atoms with E-state index in [-0.39, 0.29) is 56.5 Å². The Morgan fingerprint density at radius 1 is 0.929 bits per heavy atom. The fraction of sp³-hybridized carbons (Fsp3) is 0.432. The van der Waals surface area contributed by atoms with Crippen LogP contribution in [-0.4, -0.2) is 64.7 Å². The van der Waals surface area contributed by atoms with Crippen LogP contribution in [0.3, 0.4) is 0 Å². The number of fused-ring (bicyclic) bond motifs is 1. The third kappa shape index (κ3) is 11.4. The van der Waals surface area contributed by atoms with Crippen LogP contribution in [0.2, 0.25) is 5.02 Å². The molecule has 2 amide bonds. The number of oxazole rings is 1. The van der Waals surface area contributed by atoms with Crippen LogP contribution >= 0.6 is 11.6 Å². The molecule has 1 aromatic heterocycles. The number of allylic oxidation sites excluding steroid dienone is 1. The largest absolute Gasteiger partial charge is 0.445 e. The molecule has 3 N–H and O–H groups in total. The molecule has 1 saturated heterocycles. The summed E-state index contributed by atoms with van der Waals surface area (Å²) in [5.74, 6) is -1.82. The molecule has 3 aromatic carbocycles. The molecule has 11 nitrogen and oxygen atoms in total. The van der Waals surface area contributed by atoms with Crippen LogP contribution in [0, 0.1) is 5.92 Å². The second-order valence-electron chi connectivity index (χ2n) is 14.7. The minimum Gasteiger partial charge on any atom is -0.445 e. The van der Waals surface area contributed by atoms with Gasteiger partial charge in [0.05, 0.1) is 18.8 Å². The predicted octanol–water partition coefficient (Wildman–Crippen LogP) is 8.13. The summed E-state index contributed by atoms with van der Waals surface area (Å²) in [6.07, 6.45) is 8.16. The molecule has 4 aromatic rings. The van der Waals surface area contributed by atoms with Gasteiger partial charge in [0.15, 0.2) is 11.4 Å². The highest BCUT2D eigenvalue weighted by molar-refractivity contribution is 6.30. The van der Waals surface area contributed by atoms with Crippen molar-refractivity contribution in [1.82, 2.24) is 15.2 Å². The minimum atomic E-state index is -0.986. The first-order valence-corrected chi connectivity index (χ1v) is 20.1. The number of unbranched alkanes of at least 4 members (excludes halogenated alkanes) is 1. The van der Waals surface area contributed by atoms with Crippen LogP contribution in [0.1, 0.15) is 92.4 Å². The third-order valence-corrected chi connectivity index (χ3v) is 10.8. The topological polar surface area (TPSA) is 154 Å². The standard InChI is InChI=1S/C44H51ClN4O7/c45-34-21-18-32(19-22-34)28-54-35-26-38(39(50)25-33(15-9-10-24-46)41(51)42-47-36-16-7-8-17-40(36)56-42)49(27-35)43(52)37(23-20-30-11-3-1-4-12-30)48-44(53)55-29-31-13-5-2-6-14-31/h2,5-8,13-14,16-22,33,35,37-38H,1,3-4,9-12,15,23-29,46H2,(H,48,53)/t33-,35-,37-,38+/m1/s1. The molecule has 0 radical (unpaired) electrons. The van der Waals surface area contributed by atoms with E-state index >= 15 is 0 Å². The van der Waals surface area contributed by atoms with E-state index in [1.165, 1.54) is 16.9 Å². The van der Waals surface area contributed by atoms with Gasteiger partial charge in [-0.2, -0.15) is 0 Å². The molecule has 2 aliphatic rings. The van der Waals surface area contributed by atoms with Crippen molar-refractivity contribution in [2.75, 3.05) is 13.1 Å². The van der Waals surface area contributed by atoms with Crippen LogP contribution in [-0.2, 0) is 32.3 Å². The van der Waals surface area contributed by atoms with Gasteiger partial charge in [0, 0.05) is 30.3 Å². The average molecular weight is 783 g/mol. The average Bonchev–Trinajstić information content (AvgIpc) is 3.87. The fourth-order valence-corrected chi connectivity index (χ4v) is 7.60. The lowest BCUT2D eigenvalue weighted by molar-refractivity contribution is -0.139. The van der Waals surface area contributed by atoms with Gasteiger partial charge in [0.1, 0.15) is 18.2 Å². The van der Waals surface area contributed by atoms with Gasteiger partial charge in [-0.05, 0) is 86.9 Å². The molecule has 4 atom stereocenters. The number of nitrogens with zero attached hydrogens (tertiary/aromatic N) is 2. The van der Waals surface area contributed by atoms with Crippen molar-refractivity contribution < 1.29 is 33.1 Å². The van der Waals surface area contributed by atoms with Gasteiger partial charge in [-0.3, -0.25) is 14.4 Å². The van der Waals surface area contributed by atoms with E-state index in [9.17, 15) is 19.2 Å². The lowest BCUT2D eigenvalue weighted by Gasteiger charge is -2.29. The second-order valence-corrected chi connectivity index (χ2v) is 15.2. The number of halogens is 1. The van der Waals surface area contributed by atoms with E-state index < -0.39 is 36.1 Å². The predicted molar refractivity (Wildman–Crippen MR) is 214 cm³/mol. The Hall–Kier alpha value is -4.84. The Morgan fingerprint density at radius 3 is 2.41 bits per heavy atom. The second kappa shape index (κ2) is 20.4. The number of aromatic nitrogens is 1. The third-order valence-electron chi connectivity index (χ3n) is 10.6. The maximum absolute atomic E-state index is 14.6. The summed E-state index contributed by atoms with van der Waals surface area (Å²) < 4.78 is 17.7. The van der Waals surface area contributed by atoms with Crippen molar-refractivity contribution >= 4 is 46.3 Å². The number of alkyl carbamates (subject to hydrolysis) is 1. The summed E-state index contributed by atoms with van der Waals surface area (Å²) in [4.78, 5) is 62.2. The van der Waals surface area contributed by atoms with E-state index in [2.05, 4.69) is 10.3 Å². The maximum atomic E-state index is 14.6. The van der Waals surface area contributed by atoms with Crippen LogP contribution in [0.25, 0.3) is 11.1 Å². The maximum Gasteiger partial charge on any atom is 0.408 e. The van der Waals surface area contributed by atoms with E-state index in [4.69, 9.17) is 31.2 Å². The number of amides is 2. The molecule has 0 bridgehead atoms. The first-order valence-electron chi connectivity index (χ1n) is 19.7. The summed E-state index contributed by atoms with van der Waals surface area (Å²) in [5.41, 5.74) is 9.80. The number of Topliss-reactive ketones (excluding diaryl/α,β-unsaturated/α-hetero) is 2. The number of carbonyl (C=O) groups excluding carboxylic acids is 4. The van der Waals surface area contributed by atoms with Crippen molar-refractivity contribution in [2.45, 2.75) is 102 Å². The molecule has 1 aliphatic heterocycles. The van der Waals surface area contributed by atoms with Gasteiger partial charge in [0.2, 0.25) is 11.7 Å². The van der Waals surface area contributed by atoms with Gasteiger partial charge in [-0.15, -0.1) is 0 Å². The molecule has 296 valence electrons. The number of likely N-dealkylation sites (tertiary alicyclic amines) is 1. The van der Waals surface area contributed by atoms with Crippen LogP contribution < -0.4 is 11.1 Å². The number of hydrogen-bond acceptors (Lipinski definition) is 9. The molecular weight excluding hydrogens is 732 g/mol. The number of nitrogens with two attached hydrogens (primary N) is 1. The molecule has 2 fully saturated rings. The van der Waals surface area contributed by atoms with Crippen LogP contribution in [0.15, 0.2) is 94.9 Å². The highest BCUT2D eigenvalue weighted by Gasteiger charge is 2.43. The number of ketones is 2. The Morgan fingerprint density at radius 2 is 1.66 bits per heavy atom. The molecule has 6 rings (SSSR count). The summed E-state index contributed by atoms with van der Waals surface area (Å²) in [5, 5.41) is 3.43. The quantitative estimate of drug-likeness (QED) is 0.0579. The van der Waals surface area contributed by atoms with Crippen LogP contribution in [0.4, 0.5) is 4.79 Å². The molecule has 0 spiro atoms. The van der Waals surface area contributed by atoms with Crippen molar-refractivity contribution in [3.05, 3.63) is 113 Å². The smallest absolute Gasteiger partial charge is 0.408 e. The monoisotopic (exact) mass is 782 g/mol. The van der Waals surface area contributed by atoms with Gasteiger partial charge < -0.3 is 29.8 Å². The number of nitrogens with one attached hydrogen (secondary N) is 1. The zero-order chi connectivity index (χ0) is 39.3. The zero-order valence-corrected chi connectivity index (χ0v) is 32.5. The highest BCUT2D eigenvalue weighted by atomic mass is 35.5. The van der Waals surface area contributed by atoms with E-state index in [1.807, 2.05) is 54.6 Å². The number of rotatable bonds is 18. The SMILES string of the molecule is NCCCC[C@H](CC(=O)[C@@H]1C[C@@H](OCc2ccc(Cl)cc2)CN1C(=O)[C@@H](CC=C1CCCCC1)NC(=O)OCc1ccccc1)C(=O)c1nc2ccccc2o1. The molecule has 1 saturated carbocycles. The highest BCUT2D eigenvalue weighted by Crippen LogP contribution is 2.30. The molecule has 2 heterocycles. The van der Waals surface area contributed by atoms with Crippen LogP contribution in [0.5, 0.6) is 0 Å². The van der Waals surface area contributed by atoms with E-state index in [1.54, 1.807) is 30.3 Å². The molecule has 0 unspecified atom stereocenters. The summed E-state index contributed by atoms with van der Waals surface area (Å²) in [6, 6.07) is 21.9. The number of ether oxygens (including phenoxy) is 2. The Labute approximate surface area is 332 Å². The summed E-state index contributed by atoms with van der Waals surface area (Å²) in [6.45, 7) is 0.878. The number of benzene rings is 3. The lowest BCUT2D eigenvalue weighted by Crippen LogP contribution is -2.52. The lowest BCUT2D eigenvalue weighted by atomic mass is 9.89.